The molecule has 0 unspecified atom stereocenters. The molecule has 6 aromatic carbocycles. The van der Waals surface area contributed by atoms with Crippen molar-refractivity contribution in [2.45, 2.75) is 95.3 Å². The predicted octanol–water partition coefficient (Wildman–Crippen LogP) is 14.4. The fraction of sp³-hybridized carbons (Fsp3) is 0.306. The fourth-order valence-corrected chi connectivity index (χ4v) is 9.81. The molecule has 0 atom stereocenters. The SMILES string of the molecule is CC1(C)c2cc(N(c3ccc(C4CCCCC4)cc3)c3ccc4ccccc4c3-c3ccccc3)ccc2-c2c(C3CCCCC3)cccc21. The molecule has 250 valence electrons. The lowest BCUT2D eigenvalue weighted by Gasteiger charge is -2.31. The molecule has 0 N–H and O–H groups in total. The summed E-state index contributed by atoms with van der Waals surface area (Å²) in [7, 11) is 0. The molecule has 50 heavy (non-hydrogen) atoms. The van der Waals surface area contributed by atoms with Gasteiger partial charge in [0.25, 0.3) is 0 Å². The average Bonchev–Trinajstić information content (AvgIpc) is 3.41. The predicted molar refractivity (Wildman–Crippen MR) is 213 cm³/mol. The summed E-state index contributed by atoms with van der Waals surface area (Å²) in [4.78, 5) is 2.54. The van der Waals surface area contributed by atoms with Crippen molar-refractivity contribution in [2.75, 3.05) is 4.90 Å². The molecule has 9 rings (SSSR count). The molecule has 2 fully saturated rings. The van der Waals surface area contributed by atoms with Gasteiger partial charge in [0.1, 0.15) is 0 Å². The molecule has 0 radical (unpaired) electrons. The highest BCUT2D eigenvalue weighted by atomic mass is 15.1. The quantitative estimate of drug-likeness (QED) is 0.173. The third kappa shape index (κ3) is 5.38. The third-order valence-electron chi connectivity index (χ3n) is 12.5. The second-order valence-corrected chi connectivity index (χ2v) is 15.8. The van der Waals surface area contributed by atoms with Gasteiger partial charge in [0, 0.05) is 22.4 Å². The van der Waals surface area contributed by atoms with Crippen LogP contribution >= 0.6 is 0 Å². The lowest BCUT2D eigenvalue weighted by Crippen LogP contribution is -2.17. The highest BCUT2D eigenvalue weighted by Gasteiger charge is 2.38. The van der Waals surface area contributed by atoms with Crippen molar-refractivity contribution in [1.29, 1.82) is 0 Å². The number of hydrogen-bond acceptors (Lipinski definition) is 1. The van der Waals surface area contributed by atoms with Gasteiger partial charge in [0.2, 0.25) is 0 Å². The molecule has 0 amide bonds. The van der Waals surface area contributed by atoms with Crippen molar-refractivity contribution in [2.24, 2.45) is 0 Å². The van der Waals surface area contributed by atoms with Gasteiger partial charge in [-0.1, -0.05) is 149 Å². The number of benzene rings is 6. The summed E-state index contributed by atoms with van der Waals surface area (Å²) in [6.45, 7) is 4.89. The molecule has 0 heterocycles. The van der Waals surface area contributed by atoms with Crippen molar-refractivity contribution in [3.05, 3.63) is 150 Å². The minimum atomic E-state index is -0.0759. The van der Waals surface area contributed by atoms with E-state index in [0.717, 1.165) is 0 Å². The van der Waals surface area contributed by atoms with Gasteiger partial charge < -0.3 is 4.90 Å². The van der Waals surface area contributed by atoms with E-state index in [1.807, 2.05) is 0 Å². The molecule has 2 saturated carbocycles. The van der Waals surface area contributed by atoms with Gasteiger partial charge in [0.15, 0.2) is 0 Å². The Morgan fingerprint density at radius 3 is 1.96 bits per heavy atom. The van der Waals surface area contributed by atoms with Crippen LogP contribution in [0.3, 0.4) is 0 Å². The lowest BCUT2D eigenvalue weighted by atomic mass is 9.78. The van der Waals surface area contributed by atoms with Crippen LogP contribution in [0.15, 0.2) is 127 Å². The van der Waals surface area contributed by atoms with Gasteiger partial charge >= 0.3 is 0 Å². The van der Waals surface area contributed by atoms with Crippen molar-refractivity contribution in [3.63, 3.8) is 0 Å². The fourth-order valence-electron chi connectivity index (χ4n) is 9.81. The summed E-state index contributed by atoms with van der Waals surface area (Å²) in [5.74, 6) is 1.36. The van der Waals surface area contributed by atoms with Crippen LogP contribution < -0.4 is 4.90 Å². The van der Waals surface area contributed by atoms with Crippen LogP contribution in [0.25, 0.3) is 33.0 Å². The minimum absolute atomic E-state index is 0.0759. The normalized spacial score (nSPS) is 17.4. The monoisotopic (exact) mass is 651 g/mol. The molecule has 0 aliphatic heterocycles. The zero-order valence-corrected chi connectivity index (χ0v) is 29.8. The molecule has 6 aromatic rings. The van der Waals surface area contributed by atoms with E-state index >= 15 is 0 Å². The second kappa shape index (κ2) is 12.9. The van der Waals surface area contributed by atoms with Crippen molar-refractivity contribution >= 4 is 27.8 Å². The van der Waals surface area contributed by atoms with Gasteiger partial charge in [-0.25, -0.2) is 0 Å². The maximum absolute atomic E-state index is 2.54. The van der Waals surface area contributed by atoms with E-state index in [9.17, 15) is 0 Å². The Morgan fingerprint density at radius 2 is 1.20 bits per heavy atom. The number of rotatable bonds is 6. The first kappa shape index (κ1) is 31.4. The van der Waals surface area contributed by atoms with E-state index in [4.69, 9.17) is 0 Å². The number of anilines is 3. The first-order valence-corrected chi connectivity index (χ1v) is 19.3. The van der Waals surface area contributed by atoms with Gasteiger partial charge in [-0.3, -0.25) is 0 Å². The van der Waals surface area contributed by atoms with Crippen molar-refractivity contribution < 1.29 is 0 Å². The largest absolute Gasteiger partial charge is 0.310 e. The zero-order chi connectivity index (χ0) is 33.7. The van der Waals surface area contributed by atoms with E-state index < -0.39 is 0 Å². The van der Waals surface area contributed by atoms with Gasteiger partial charge in [-0.15, -0.1) is 0 Å². The molecule has 3 aliphatic rings. The van der Waals surface area contributed by atoms with Crippen LogP contribution in [0.2, 0.25) is 0 Å². The smallest absolute Gasteiger partial charge is 0.0546 e. The summed E-state index contributed by atoms with van der Waals surface area (Å²) in [6, 6.07) is 48.7. The van der Waals surface area contributed by atoms with Crippen LogP contribution in [0.1, 0.15) is 112 Å². The lowest BCUT2D eigenvalue weighted by molar-refractivity contribution is 0.443. The first-order chi connectivity index (χ1) is 24.6. The summed E-state index contributed by atoms with van der Waals surface area (Å²) in [5.41, 5.74) is 15.1. The van der Waals surface area contributed by atoms with Crippen LogP contribution in [-0.4, -0.2) is 0 Å². The molecule has 0 bridgehead atoms. The molecular weight excluding hydrogens is 603 g/mol. The van der Waals surface area contributed by atoms with E-state index in [-0.39, 0.29) is 5.41 Å². The van der Waals surface area contributed by atoms with Gasteiger partial charge in [0.05, 0.1) is 5.69 Å². The standard InChI is InChI=1S/C49H49N/c1-49(2)44-24-14-23-42(36-17-8-4-9-18-36)48(44)43-31-30-40(33-45(43)49)50(39-28-25-35(26-29-39)34-15-6-3-7-16-34)46-32-27-37-19-12-13-22-41(37)47(46)38-20-10-5-11-21-38/h5,10-14,19-34,36H,3-4,6-9,15-18H2,1-2H3. The van der Waals surface area contributed by atoms with Crippen LogP contribution in [0.4, 0.5) is 17.1 Å². The van der Waals surface area contributed by atoms with E-state index in [2.05, 4.69) is 146 Å². The average molecular weight is 652 g/mol. The molecular formula is C49H49N. The summed E-state index contributed by atoms with van der Waals surface area (Å²) in [5, 5.41) is 2.55. The third-order valence-corrected chi connectivity index (χ3v) is 12.5. The van der Waals surface area contributed by atoms with Crippen molar-refractivity contribution in [1.82, 2.24) is 0 Å². The van der Waals surface area contributed by atoms with Crippen molar-refractivity contribution in [3.8, 4) is 22.3 Å². The Morgan fingerprint density at radius 1 is 0.520 bits per heavy atom. The van der Waals surface area contributed by atoms with Gasteiger partial charge in [-0.05, 0) is 118 Å². The Balaban J connectivity index is 1.24. The van der Waals surface area contributed by atoms with Crippen LogP contribution in [0.5, 0.6) is 0 Å². The highest BCUT2D eigenvalue weighted by Crippen LogP contribution is 2.54. The molecule has 1 nitrogen and oxygen atoms in total. The highest BCUT2D eigenvalue weighted by molar-refractivity contribution is 6.05. The van der Waals surface area contributed by atoms with E-state index in [1.165, 1.54) is 131 Å². The Kier molecular flexibility index (Phi) is 8.11. The maximum Gasteiger partial charge on any atom is 0.0546 e. The van der Waals surface area contributed by atoms with E-state index in [0.29, 0.717) is 11.8 Å². The number of fused-ring (bicyclic) bond motifs is 4. The summed E-state index contributed by atoms with van der Waals surface area (Å²) in [6.07, 6.45) is 13.4. The topological polar surface area (TPSA) is 3.24 Å². The Labute approximate surface area is 299 Å². The van der Waals surface area contributed by atoms with Crippen LogP contribution in [-0.2, 0) is 5.41 Å². The first-order valence-electron chi connectivity index (χ1n) is 19.3. The summed E-state index contributed by atoms with van der Waals surface area (Å²) >= 11 is 0. The molecule has 3 aliphatic carbocycles. The molecule has 0 spiro atoms. The maximum atomic E-state index is 2.54. The summed E-state index contributed by atoms with van der Waals surface area (Å²) < 4.78 is 0. The minimum Gasteiger partial charge on any atom is -0.310 e. The number of nitrogens with zero attached hydrogens (tertiary/aromatic N) is 1. The van der Waals surface area contributed by atoms with E-state index in [1.54, 1.807) is 5.56 Å². The molecule has 0 aromatic heterocycles. The Hall–Kier alpha value is -4.62. The second-order valence-electron chi connectivity index (χ2n) is 15.8. The number of hydrogen-bond donors (Lipinski definition) is 0. The molecule has 0 saturated heterocycles. The zero-order valence-electron chi connectivity index (χ0n) is 29.8. The van der Waals surface area contributed by atoms with Gasteiger partial charge in [-0.2, -0.15) is 0 Å². The molecule has 1 heteroatoms. The van der Waals surface area contributed by atoms with Crippen LogP contribution in [0, 0.1) is 0 Å². The Bertz CT molecular complexity index is 2140.